The van der Waals surface area contributed by atoms with Crippen molar-refractivity contribution < 1.29 is 33.0 Å². The molecule has 2 fully saturated rings. The molecule has 0 bridgehead atoms. The maximum Gasteiger partial charge on any atom is 0.462 e. The third-order valence-electron chi connectivity index (χ3n) is 6.64. The van der Waals surface area contributed by atoms with Crippen LogP contribution in [0.5, 0.6) is 5.75 Å². The van der Waals surface area contributed by atoms with Gasteiger partial charge in [0.1, 0.15) is 24.2 Å². The monoisotopic (exact) mass is 551 g/mol. The molecule has 1 aliphatic carbocycles. The van der Waals surface area contributed by atoms with Crippen LogP contribution in [0.4, 0.5) is 5.95 Å². The van der Waals surface area contributed by atoms with Crippen molar-refractivity contribution in [2.75, 3.05) is 12.3 Å². The lowest BCUT2D eigenvalue weighted by Gasteiger charge is -2.36. The highest BCUT2D eigenvalue weighted by Gasteiger charge is 2.56. The van der Waals surface area contributed by atoms with Gasteiger partial charge in [-0.1, -0.05) is 18.2 Å². The third-order valence-corrected chi connectivity index (χ3v) is 8.93. The number of fused-ring (bicyclic) bond motifs is 1. The van der Waals surface area contributed by atoms with E-state index in [9.17, 15) is 19.3 Å². The van der Waals surface area contributed by atoms with Crippen molar-refractivity contribution in [2.24, 2.45) is 5.92 Å². The number of carbonyl (C=O) groups is 1. The fourth-order valence-corrected chi connectivity index (χ4v) is 7.21. The minimum Gasteiger partial charge on any atom is -0.480 e. The Morgan fingerprint density at radius 3 is 2.53 bits per heavy atom. The molecule has 1 saturated heterocycles. The van der Waals surface area contributed by atoms with Gasteiger partial charge < -0.3 is 24.8 Å². The van der Waals surface area contributed by atoms with E-state index in [1.807, 2.05) is 0 Å². The van der Waals surface area contributed by atoms with E-state index in [0.717, 1.165) is 0 Å². The molecule has 1 aromatic heterocycles. The van der Waals surface area contributed by atoms with E-state index in [2.05, 4.69) is 9.97 Å². The predicted molar refractivity (Wildman–Crippen MR) is 136 cm³/mol. The average Bonchev–Trinajstić information content (AvgIpc) is 3.31. The summed E-state index contributed by atoms with van der Waals surface area (Å²) in [4.78, 5) is 32.2. The summed E-state index contributed by atoms with van der Waals surface area (Å²) >= 11 is 0. The molecule has 3 N–H and O–H groups in total. The van der Waals surface area contributed by atoms with Crippen LogP contribution < -0.4 is 15.9 Å². The highest BCUT2D eigenvalue weighted by atomic mass is 31.2. The van der Waals surface area contributed by atoms with Crippen molar-refractivity contribution >= 4 is 19.7 Å². The lowest BCUT2D eigenvalue weighted by molar-refractivity contribution is -0.161. The number of aromatic nitrogens is 3. The number of para-hydroxylation sites is 1. The van der Waals surface area contributed by atoms with Gasteiger partial charge in [0.2, 0.25) is 5.95 Å². The molecule has 208 valence electrons. The normalized spacial score (nSPS) is 26.7. The van der Waals surface area contributed by atoms with Crippen LogP contribution in [0.2, 0.25) is 0 Å². The zero-order valence-corrected chi connectivity index (χ0v) is 22.9. The largest absolute Gasteiger partial charge is 0.480 e. The molecule has 6 atom stereocenters. The maximum atomic E-state index is 14.3. The molecule has 2 heterocycles. The minimum atomic E-state index is -4.20. The predicted octanol–water partition coefficient (Wildman–Crippen LogP) is 2.69. The summed E-state index contributed by atoms with van der Waals surface area (Å²) < 4.78 is 41.1. The van der Waals surface area contributed by atoms with Crippen LogP contribution in [-0.4, -0.2) is 67.0 Å². The molecule has 0 spiro atoms. The lowest BCUT2D eigenvalue weighted by atomic mass is 10.1. The zero-order valence-electron chi connectivity index (χ0n) is 22.0. The number of nitrogen functional groups attached to an aromatic ring is 1. The lowest BCUT2D eigenvalue weighted by Crippen LogP contribution is -2.43. The van der Waals surface area contributed by atoms with Crippen LogP contribution in [0.3, 0.4) is 0 Å². The van der Waals surface area contributed by atoms with Gasteiger partial charge in [-0.25, -0.2) is 14.3 Å². The van der Waals surface area contributed by atoms with Crippen molar-refractivity contribution in [3.05, 3.63) is 47.1 Å². The summed E-state index contributed by atoms with van der Waals surface area (Å²) in [6.45, 7) is 8.28. The number of nitrogens with zero attached hydrogens (tertiary/aromatic N) is 4. The number of benzene rings is 1. The van der Waals surface area contributed by atoms with Gasteiger partial charge in [0.05, 0.1) is 18.8 Å². The van der Waals surface area contributed by atoms with E-state index >= 15 is 0 Å². The maximum absolute atomic E-state index is 14.3. The first kappa shape index (κ1) is 28.2. The summed E-state index contributed by atoms with van der Waals surface area (Å²) in [5.74, 6) is -2.34. The quantitative estimate of drug-likeness (QED) is 0.415. The van der Waals surface area contributed by atoms with Crippen LogP contribution in [0.25, 0.3) is 0 Å². The van der Waals surface area contributed by atoms with Gasteiger partial charge in [-0.15, -0.1) is 0 Å². The second-order valence-corrected chi connectivity index (χ2v) is 12.0. The highest BCUT2D eigenvalue weighted by molar-refractivity contribution is 7.51. The number of carboxylic acid groups (broad SMARTS) is 1. The van der Waals surface area contributed by atoms with Crippen LogP contribution in [0, 0.1) is 5.92 Å². The summed E-state index contributed by atoms with van der Waals surface area (Å²) in [6, 6.07) is 6.29. The number of hydrogen-bond donors (Lipinski definition) is 2. The van der Waals surface area contributed by atoms with Crippen LogP contribution >= 0.6 is 7.75 Å². The standard InChI is InChI=1S/C24H34N5O8P/c1-14(2)29(15(3)21(30)31)38(33,37-17-9-7-6-8-10-17)34-12-16-11-18(20-19(16)35-24(4,5)36-20)28-13-26-22(25)27-23(28)32/h6-10,13-16,18-20H,11-12H2,1-5H3,(H,30,31)(H2,25,27,32)/t15-,16+,18+,19+,20-,38?/m0/s1. The molecule has 0 radical (unpaired) electrons. The second-order valence-electron chi connectivity index (χ2n) is 10.2. The van der Waals surface area contributed by atoms with Gasteiger partial charge in [-0.3, -0.25) is 13.9 Å². The number of hydrogen-bond acceptors (Lipinski definition) is 10. The number of anilines is 1. The van der Waals surface area contributed by atoms with Gasteiger partial charge in [0, 0.05) is 12.0 Å². The first-order chi connectivity index (χ1) is 17.8. The molecule has 14 heteroatoms. The van der Waals surface area contributed by atoms with Gasteiger partial charge in [0.15, 0.2) is 5.79 Å². The number of ether oxygens (including phenoxy) is 2. The Labute approximate surface area is 220 Å². The Hall–Kier alpha value is -2.83. The molecule has 38 heavy (non-hydrogen) atoms. The molecular weight excluding hydrogens is 517 g/mol. The summed E-state index contributed by atoms with van der Waals surface area (Å²) in [5, 5.41) is 9.73. The third kappa shape index (κ3) is 5.76. The van der Waals surface area contributed by atoms with Gasteiger partial charge in [-0.2, -0.15) is 9.65 Å². The first-order valence-corrected chi connectivity index (χ1v) is 13.9. The Morgan fingerprint density at radius 1 is 1.26 bits per heavy atom. The van der Waals surface area contributed by atoms with Crippen molar-refractivity contribution in [1.29, 1.82) is 0 Å². The number of carboxylic acids is 1. The van der Waals surface area contributed by atoms with E-state index in [0.29, 0.717) is 6.42 Å². The zero-order chi connectivity index (χ0) is 27.8. The number of rotatable bonds is 10. The summed E-state index contributed by atoms with van der Waals surface area (Å²) in [7, 11) is -4.20. The highest BCUT2D eigenvalue weighted by Crippen LogP contribution is 2.56. The Morgan fingerprint density at radius 2 is 1.92 bits per heavy atom. The SMILES string of the molecule is CC(C)N([C@@H](C)C(=O)O)P(=O)(OC[C@H]1C[C@@H](n2cnc(N)nc2=O)[C@@H]2OC(C)(C)O[C@H]12)Oc1ccccc1. The van der Waals surface area contributed by atoms with E-state index < -0.39 is 55.5 Å². The molecule has 4 rings (SSSR count). The summed E-state index contributed by atoms with van der Waals surface area (Å²) in [5.41, 5.74) is 4.98. The molecular formula is C24H34N5O8P. The summed E-state index contributed by atoms with van der Waals surface area (Å²) in [6.07, 6.45) is 0.647. The molecule has 1 aromatic carbocycles. The van der Waals surface area contributed by atoms with Crippen molar-refractivity contribution in [1.82, 2.24) is 19.2 Å². The molecule has 2 aromatic rings. The minimum absolute atomic E-state index is 0.110. The number of aliphatic carboxylic acids is 1. The number of nitrogens with two attached hydrogens (primary N) is 1. The van der Waals surface area contributed by atoms with E-state index in [4.69, 9.17) is 24.3 Å². The Kier molecular flexibility index (Phi) is 7.96. The first-order valence-electron chi connectivity index (χ1n) is 12.4. The van der Waals surface area contributed by atoms with Gasteiger partial charge >= 0.3 is 19.4 Å². The van der Waals surface area contributed by atoms with E-state index in [1.54, 1.807) is 58.0 Å². The van der Waals surface area contributed by atoms with Crippen LogP contribution in [0.15, 0.2) is 41.5 Å². The van der Waals surface area contributed by atoms with Crippen LogP contribution in [-0.2, 0) is 23.4 Å². The Balaban J connectivity index is 1.64. The fourth-order valence-electron chi connectivity index (χ4n) is 5.08. The average molecular weight is 552 g/mol. The van der Waals surface area contributed by atoms with Gasteiger partial charge in [-0.05, 0) is 53.2 Å². The van der Waals surface area contributed by atoms with Crippen molar-refractivity contribution in [2.45, 2.75) is 77.2 Å². The van der Waals surface area contributed by atoms with Gasteiger partial charge in [0.25, 0.3) is 0 Å². The van der Waals surface area contributed by atoms with Crippen LogP contribution in [0.1, 0.15) is 47.1 Å². The smallest absolute Gasteiger partial charge is 0.462 e. The topological polar surface area (TPSA) is 168 Å². The molecule has 1 unspecified atom stereocenters. The second kappa shape index (κ2) is 10.7. The van der Waals surface area contributed by atoms with Crippen molar-refractivity contribution in [3.63, 3.8) is 0 Å². The Bertz CT molecular complexity index is 1260. The van der Waals surface area contributed by atoms with E-state index in [1.165, 1.54) is 22.5 Å². The molecule has 1 aliphatic heterocycles. The molecule has 0 amide bonds. The molecule has 2 aliphatic rings. The van der Waals surface area contributed by atoms with E-state index in [-0.39, 0.29) is 24.2 Å². The fraction of sp³-hybridized carbons (Fsp3) is 0.583. The molecule has 13 nitrogen and oxygen atoms in total. The van der Waals surface area contributed by atoms with Crippen molar-refractivity contribution in [3.8, 4) is 5.75 Å². The molecule has 1 saturated carbocycles.